The number of carbonyl (C=O) groups is 3. The van der Waals surface area contributed by atoms with Crippen LogP contribution in [0.3, 0.4) is 0 Å². The van der Waals surface area contributed by atoms with Crippen molar-refractivity contribution in [2.75, 3.05) is 18.0 Å². The molecule has 3 rings (SSSR count). The monoisotopic (exact) mass is 330 g/mol. The molecule has 24 heavy (non-hydrogen) atoms. The number of anilines is 1. The second kappa shape index (κ2) is 7.03. The number of carboxylic acid groups (broad SMARTS) is 1. The molecule has 1 saturated heterocycles. The van der Waals surface area contributed by atoms with Gasteiger partial charge in [0.2, 0.25) is 11.8 Å². The van der Waals surface area contributed by atoms with Gasteiger partial charge in [-0.25, -0.2) is 4.79 Å². The summed E-state index contributed by atoms with van der Waals surface area (Å²) < 4.78 is 0. The molecule has 128 valence electrons. The molecule has 2 heterocycles. The van der Waals surface area contributed by atoms with Gasteiger partial charge in [-0.3, -0.25) is 9.59 Å². The van der Waals surface area contributed by atoms with Crippen LogP contribution in [0.1, 0.15) is 37.7 Å². The van der Waals surface area contributed by atoms with E-state index in [2.05, 4.69) is 0 Å². The van der Waals surface area contributed by atoms with E-state index in [0.29, 0.717) is 32.4 Å². The van der Waals surface area contributed by atoms with Gasteiger partial charge in [0.05, 0.1) is 0 Å². The lowest BCUT2D eigenvalue weighted by molar-refractivity contribution is -0.148. The molecule has 1 aromatic carbocycles. The summed E-state index contributed by atoms with van der Waals surface area (Å²) in [6, 6.07) is 7.17. The normalized spacial score (nSPS) is 20.2. The Bertz CT molecular complexity index is 658. The van der Waals surface area contributed by atoms with Crippen LogP contribution in [-0.4, -0.2) is 46.9 Å². The van der Waals surface area contributed by atoms with Gasteiger partial charge in [0.1, 0.15) is 6.04 Å². The first-order chi connectivity index (χ1) is 11.6. The van der Waals surface area contributed by atoms with Crippen LogP contribution in [0.25, 0.3) is 0 Å². The van der Waals surface area contributed by atoms with E-state index in [1.54, 1.807) is 4.90 Å². The predicted octanol–water partition coefficient (Wildman–Crippen LogP) is 1.82. The van der Waals surface area contributed by atoms with Gasteiger partial charge in [-0.2, -0.15) is 0 Å². The third kappa shape index (κ3) is 3.27. The van der Waals surface area contributed by atoms with Gasteiger partial charge in [-0.15, -0.1) is 0 Å². The maximum absolute atomic E-state index is 12.3. The van der Waals surface area contributed by atoms with E-state index in [4.69, 9.17) is 5.11 Å². The standard InChI is InChI=1S/C18H22N2O4/c21-16(20-11-3-7-15(20)18(23)24)8-4-12-19-14-6-2-1-5-13(14)9-10-17(19)22/h1-2,5-6,15H,3-4,7-12H2,(H,23,24). The lowest BCUT2D eigenvalue weighted by Gasteiger charge is -2.29. The minimum absolute atomic E-state index is 0.0886. The third-order valence-electron chi connectivity index (χ3n) is 4.82. The SMILES string of the molecule is O=C(O)C1CCCN1C(=O)CCCN1C(=O)CCc2ccccc21. The zero-order chi connectivity index (χ0) is 17.1. The molecule has 0 saturated carbocycles. The number of benzene rings is 1. The highest BCUT2D eigenvalue weighted by atomic mass is 16.4. The van der Waals surface area contributed by atoms with Crippen molar-refractivity contribution < 1.29 is 19.5 Å². The Balaban J connectivity index is 1.57. The highest BCUT2D eigenvalue weighted by Crippen LogP contribution is 2.28. The van der Waals surface area contributed by atoms with E-state index in [1.165, 1.54) is 4.90 Å². The molecular formula is C18H22N2O4. The number of amides is 2. The van der Waals surface area contributed by atoms with Crippen molar-refractivity contribution >= 4 is 23.5 Å². The van der Waals surface area contributed by atoms with Gasteiger partial charge in [0, 0.05) is 31.6 Å². The fourth-order valence-corrected chi connectivity index (χ4v) is 3.60. The van der Waals surface area contributed by atoms with Crippen LogP contribution in [0.5, 0.6) is 0 Å². The molecule has 6 nitrogen and oxygen atoms in total. The lowest BCUT2D eigenvalue weighted by Crippen LogP contribution is -2.41. The molecule has 1 unspecified atom stereocenters. The number of hydrogen-bond donors (Lipinski definition) is 1. The number of carboxylic acids is 1. The first-order valence-electron chi connectivity index (χ1n) is 8.48. The molecule has 0 spiro atoms. The van der Waals surface area contributed by atoms with Crippen molar-refractivity contribution in [3.63, 3.8) is 0 Å². The summed E-state index contributed by atoms with van der Waals surface area (Å²) in [6.45, 7) is 1.01. The molecule has 1 fully saturated rings. The number of likely N-dealkylation sites (tertiary alicyclic amines) is 1. The zero-order valence-corrected chi connectivity index (χ0v) is 13.6. The Hall–Kier alpha value is -2.37. The van der Waals surface area contributed by atoms with Gasteiger partial charge < -0.3 is 14.9 Å². The molecule has 6 heteroatoms. The number of fused-ring (bicyclic) bond motifs is 1. The average molecular weight is 330 g/mol. The minimum Gasteiger partial charge on any atom is -0.480 e. The second-order valence-electron chi connectivity index (χ2n) is 6.36. The van der Waals surface area contributed by atoms with Gasteiger partial charge in [-0.1, -0.05) is 18.2 Å². The maximum Gasteiger partial charge on any atom is 0.326 e. The third-order valence-corrected chi connectivity index (χ3v) is 4.82. The summed E-state index contributed by atoms with van der Waals surface area (Å²) in [5.74, 6) is -0.968. The Morgan fingerprint density at radius 3 is 2.79 bits per heavy atom. The lowest BCUT2D eigenvalue weighted by atomic mass is 10.0. The fraction of sp³-hybridized carbons (Fsp3) is 0.500. The first kappa shape index (κ1) is 16.5. The molecule has 0 radical (unpaired) electrons. The van der Waals surface area contributed by atoms with Gasteiger partial charge in [-0.05, 0) is 37.3 Å². The highest BCUT2D eigenvalue weighted by Gasteiger charge is 2.33. The molecule has 1 atom stereocenters. The van der Waals surface area contributed by atoms with Crippen molar-refractivity contribution in [2.45, 2.75) is 44.6 Å². The molecular weight excluding hydrogens is 308 g/mol. The largest absolute Gasteiger partial charge is 0.480 e. The van der Waals surface area contributed by atoms with Crippen molar-refractivity contribution in [2.24, 2.45) is 0 Å². The van der Waals surface area contributed by atoms with Crippen LogP contribution >= 0.6 is 0 Å². The maximum atomic E-state index is 12.3. The highest BCUT2D eigenvalue weighted by molar-refractivity contribution is 5.96. The van der Waals surface area contributed by atoms with E-state index in [1.807, 2.05) is 24.3 Å². The molecule has 0 aromatic heterocycles. The molecule has 1 N–H and O–H groups in total. The summed E-state index contributed by atoms with van der Waals surface area (Å²) >= 11 is 0. The topological polar surface area (TPSA) is 77.9 Å². The van der Waals surface area contributed by atoms with Crippen LogP contribution in [0, 0.1) is 0 Å². The van der Waals surface area contributed by atoms with Gasteiger partial charge >= 0.3 is 5.97 Å². The molecule has 2 aliphatic rings. The van der Waals surface area contributed by atoms with Crippen LogP contribution in [0.4, 0.5) is 5.69 Å². The smallest absolute Gasteiger partial charge is 0.326 e. The summed E-state index contributed by atoms with van der Waals surface area (Å²) in [5, 5.41) is 9.16. The Kier molecular flexibility index (Phi) is 4.83. The van der Waals surface area contributed by atoms with Gasteiger partial charge in [0.25, 0.3) is 0 Å². The number of para-hydroxylation sites is 1. The Morgan fingerprint density at radius 2 is 2.00 bits per heavy atom. The number of rotatable bonds is 5. The Morgan fingerprint density at radius 1 is 1.21 bits per heavy atom. The van der Waals surface area contributed by atoms with Crippen LogP contribution in [-0.2, 0) is 20.8 Å². The average Bonchev–Trinajstić information content (AvgIpc) is 3.07. The molecule has 2 aliphatic heterocycles. The molecule has 0 aliphatic carbocycles. The summed E-state index contributed by atoms with van der Waals surface area (Å²) in [6.07, 6.45) is 3.34. The van der Waals surface area contributed by atoms with E-state index >= 15 is 0 Å². The predicted molar refractivity (Wildman–Crippen MR) is 88.7 cm³/mol. The first-order valence-corrected chi connectivity index (χ1v) is 8.48. The number of aliphatic carboxylic acids is 1. The van der Waals surface area contributed by atoms with E-state index < -0.39 is 12.0 Å². The number of carbonyl (C=O) groups excluding carboxylic acids is 2. The van der Waals surface area contributed by atoms with Gasteiger partial charge in [0.15, 0.2) is 0 Å². The van der Waals surface area contributed by atoms with E-state index in [0.717, 1.165) is 24.1 Å². The number of nitrogens with zero attached hydrogens (tertiary/aromatic N) is 2. The van der Waals surface area contributed by atoms with Crippen molar-refractivity contribution in [1.82, 2.24) is 4.90 Å². The Labute approximate surface area is 141 Å². The van der Waals surface area contributed by atoms with Crippen molar-refractivity contribution in [1.29, 1.82) is 0 Å². The second-order valence-corrected chi connectivity index (χ2v) is 6.36. The van der Waals surface area contributed by atoms with Crippen LogP contribution in [0.15, 0.2) is 24.3 Å². The molecule has 2 amide bonds. The molecule has 1 aromatic rings. The quantitative estimate of drug-likeness (QED) is 0.893. The van der Waals surface area contributed by atoms with E-state index in [-0.39, 0.29) is 18.2 Å². The fourth-order valence-electron chi connectivity index (χ4n) is 3.60. The van der Waals surface area contributed by atoms with E-state index in [9.17, 15) is 14.4 Å². The minimum atomic E-state index is -0.930. The van der Waals surface area contributed by atoms with Crippen molar-refractivity contribution in [3.05, 3.63) is 29.8 Å². The number of hydrogen-bond acceptors (Lipinski definition) is 3. The summed E-state index contributed by atoms with van der Waals surface area (Å²) in [5.41, 5.74) is 2.10. The summed E-state index contributed by atoms with van der Waals surface area (Å²) in [7, 11) is 0. The van der Waals surface area contributed by atoms with Crippen LogP contribution < -0.4 is 4.90 Å². The van der Waals surface area contributed by atoms with Crippen LogP contribution in [0.2, 0.25) is 0 Å². The summed E-state index contributed by atoms with van der Waals surface area (Å²) in [4.78, 5) is 38.9. The zero-order valence-electron chi connectivity index (χ0n) is 13.6. The molecule has 0 bridgehead atoms. The van der Waals surface area contributed by atoms with Crippen molar-refractivity contribution in [3.8, 4) is 0 Å². The number of aryl methyl sites for hydroxylation is 1.